The summed E-state index contributed by atoms with van der Waals surface area (Å²) in [7, 11) is 0. The van der Waals surface area contributed by atoms with Crippen LogP contribution in [0.15, 0.2) is 18.2 Å². The van der Waals surface area contributed by atoms with Crippen molar-refractivity contribution in [1.29, 1.82) is 0 Å². The van der Waals surface area contributed by atoms with Gasteiger partial charge in [0.25, 0.3) is 5.91 Å². The largest absolute Gasteiger partial charge is 0.479 e. The highest BCUT2D eigenvalue weighted by Gasteiger charge is 2.14. The van der Waals surface area contributed by atoms with Crippen LogP contribution < -0.4 is 5.32 Å². The number of carbonyl (C=O) groups is 2. The Kier molecular flexibility index (Phi) is 4.85. The van der Waals surface area contributed by atoms with Gasteiger partial charge in [0.05, 0.1) is 0 Å². The summed E-state index contributed by atoms with van der Waals surface area (Å²) >= 11 is 0. The molecule has 5 nitrogen and oxygen atoms in total. The molecule has 0 fully saturated rings. The highest BCUT2D eigenvalue weighted by atomic mass is 16.4. The summed E-state index contributed by atoms with van der Waals surface area (Å²) < 4.78 is 0. The van der Waals surface area contributed by atoms with E-state index in [0.29, 0.717) is 5.56 Å². The molecule has 0 aromatic heterocycles. The molecule has 0 heterocycles. The second-order valence-electron chi connectivity index (χ2n) is 4.22. The Morgan fingerprint density at radius 1 is 1.33 bits per heavy atom. The molecule has 1 aromatic rings. The van der Waals surface area contributed by atoms with Gasteiger partial charge >= 0.3 is 5.97 Å². The zero-order valence-electron chi connectivity index (χ0n) is 10.4. The number of hydrogen-bond donors (Lipinski definition) is 3. The lowest BCUT2D eigenvalue weighted by molar-refractivity contribution is -0.146. The SMILES string of the molecule is Cc1ccc(C(=O)NCCC(O)C(=O)O)c(C)c1. The molecule has 1 aromatic carbocycles. The average molecular weight is 251 g/mol. The van der Waals surface area contributed by atoms with E-state index in [4.69, 9.17) is 10.2 Å². The van der Waals surface area contributed by atoms with Gasteiger partial charge < -0.3 is 15.5 Å². The molecule has 0 aliphatic heterocycles. The first kappa shape index (κ1) is 14.2. The van der Waals surface area contributed by atoms with Crippen LogP contribution in [-0.4, -0.2) is 34.7 Å². The highest BCUT2D eigenvalue weighted by Crippen LogP contribution is 2.10. The molecule has 0 saturated heterocycles. The molecule has 0 aliphatic carbocycles. The van der Waals surface area contributed by atoms with Crippen LogP contribution in [0.4, 0.5) is 0 Å². The summed E-state index contributed by atoms with van der Waals surface area (Å²) in [5, 5.41) is 20.1. The maximum absolute atomic E-state index is 11.8. The Balaban J connectivity index is 2.53. The minimum Gasteiger partial charge on any atom is -0.479 e. The highest BCUT2D eigenvalue weighted by molar-refractivity contribution is 5.95. The van der Waals surface area contributed by atoms with Crippen LogP contribution >= 0.6 is 0 Å². The number of aryl methyl sites for hydroxylation is 2. The first-order chi connectivity index (χ1) is 8.41. The van der Waals surface area contributed by atoms with Gasteiger partial charge in [-0.05, 0) is 25.5 Å². The molecule has 3 N–H and O–H groups in total. The zero-order valence-corrected chi connectivity index (χ0v) is 10.4. The summed E-state index contributed by atoms with van der Waals surface area (Å²) in [5.74, 6) is -1.54. The second-order valence-corrected chi connectivity index (χ2v) is 4.22. The zero-order chi connectivity index (χ0) is 13.7. The lowest BCUT2D eigenvalue weighted by Crippen LogP contribution is -2.30. The second kappa shape index (κ2) is 6.16. The number of aliphatic hydroxyl groups is 1. The van der Waals surface area contributed by atoms with E-state index in [1.54, 1.807) is 6.07 Å². The molecule has 0 spiro atoms. The normalized spacial score (nSPS) is 11.9. The van der Waals surface area contributed by atoms with Crippen molar-refractivity contribution in [2.75, 3.05) is 6.54 Å². The van der Waals surface area contributed by atoms with Crippen molar-refractivity contribution < 1.29 is 19.8 Å². The number of carboxylic acid groups (broad SMARTS) is 1. The van der Waals surface area contributed by atoms with Crippen molar-refractivity contribution in [2.24, 2.45) is 0 Å². The maximum Gasteiger partial charge on any atom is 0.332 e. The maximum atomic E-state index is 11.8. The van der Waals surface area contributed by atoms with E-state index in [9.17, 15) is 9.59 Å². The Labute approximate surface area is 105 Å². The third kappa shape index (κ3) is 3.85. The lowest BCUT2D eigenvalue weighted by atomic mass is 10.1. The molecule has 0 bridgehead atoms. The Morgan fingerprint density at radius 3 is 2.56 bits per heavy atom. The average Bonchev–Trinajstić information content (AvgIpc) is 2.28. The van der Waals surface area contributed by atoms with Crippen LogP contribution in [-0.2, 0) is 4.79 Å². The monoisotopic (exact) mass is 251 g/mol. The summed E-state index contributed by atoms with van der Waals surface area (Å²) in [6.45, 7) is 3.91. The van der Waals surface area contributed by atoms with E-state index >= 15 is 0 Å². The molecule has 1 atom stereocenters. The molecular formula is C13H17NO4. The van der Waals surface area contributed by atoms with E-state index in [1.165, 1.54) is 0 Å². The van der Waals surface area contributed by atoms with Gasteiger partial charge in [-0.2, -0.15) is 0 Å². The van der Waals surface area contributed by atoms with Gasteiger partial charge in [-0.15, -0.1) is 0 Å². The fourth-order valence-electron chi connectivity index (χ4n) is 1.61. The van der Waals surface area contributed by atoms with Crippen LogP contribution in [0.2, 0.25) is 0 Å². The molecule has 18 heavy (non-hydrogen) atoms. The number of nitrogens with one attached hydrogen (secondary N) is 1. The standard InChI is InChI=1S/C13H17NO4/c1-8-3-4-10(9(2)7-8)12(16)14-6-5-11(15)13(17)18/h3-4,7,11,15H,5-6H2,1-2H3,(H,14,16)(H,17,18). The van der Waals surface area contributed by atoms with Crippen LogP contribution in [0.25, 0.3) is 0 Å². The Bertz CT molecular complexity index is 456. The van der Waals surface area contributed by atoms with Crippen LogP contribution in [0.3, 0.4) is 0 Å². The number of aliphatic carboxylic acids is 1. The fourth-order valence-corrected chi connectivity index (χ4v) is 1.61. The summed E-state index contributed by atoms with van der Waals surface area (Å²) in [4.78, 5) is 22.2. The van der Waals surface area contributed by atoms with Gasteiger partial charge in [0.15, 0.2) is 6.10 Å². The molecule has 1 unspecified atom stereocenters. The molecule has 0 radical (unpaired) electrons. The third-order valence-electron chi connectivity index (χ3n) is 2.61. The predicted molar refractivity (Wildman–Crippen MR) is 66.5 cm³/mol. The van der Waals surface area contributed by atoms with Crippen molar-refractivity contribution in [3.63, 3.8) is 0 Å². The summed E-state index contributed by atoms with van der Waals surface area (Å²) in [6.07, 6.45) is -1.45. The van der Waals surface area contributed by atoms with Crippen LogP contribution in [0, 0.1) is 13.8 Å². The van der Waals surface area contributed by atoms with Gasteiger partial charge in [-0.3, -0.25) is 4.79 Å². The Hall–Kier alpha value is -1.88. The summed E-state index contributed by atoms with van der Waals surface area (Å²) in [5.41, 5.74) is 2.50. The van der Waals surface area contributed by atoms with Gasteiger partial charge in [0.1, 0.15) is 0 Å². The van der Waals surface area contributed by atoms with E-state index in [1.807, 2.05) is 26.0 Å². The molecule has 0 aliphatic rings. The van der Waals surface area contributed by atoms with Crippen LogP contribution in [0.1, 0.15) is 27.9 Å². The predicted octanol–water partition coefficient (Wildman–Crippen LogP) is 0.869. The Morgan fingerprint density at radius 2 is 2.00 bits per heavy atom. The number of aliphatic hydroxyl groups excluding tert-OH is 1. The number of carboxylic acids is 1. The van der Waals surface area contributed by atoms with E-state index in [2.05, 4.69) is 5.32 Å². The lowest BCUT2D eigenvalue weighted by Gasteiger charge is -2.09. The first-order valence-corrected chi connectivity index (χ1v) is 5.68. The topological polar surface area (TPSA) is 86.6 Å². The molecule has 5 heteroatoms. The van der Waals surface area contributed by atoms with Crippen molar-refractivity contribution in [1.82, 2.24) is 5.32 Å². The van der Waals surface area contributed by atoms with Crippen molar-refractivity contribution in [2.45, 2.75) is 26.4 Å². The van der Waals surface area contributed by atoms with Crippen LogP contribution in [0.5, 0.6) is 0 Å². The van der Waals surface area contributed by atoms with Crippen molar-refractivity contribution in [3.8, 4) is 0 Å². The number of rotatable bonds is 5. The van der Waals surface area contributed by atoms with Gasteiger partial charge in [0.2, 0.25) is 0 Å². The molecule has 98 valence electrons. The van der Waals surface area contributed by atoms with Gasteiger partial charge in [-0.25, -0.2) is 4.79 Å². The minimum atomic E-state index is -1.44. The summed E-state index contributed by atoms with van der Waals surface area (Å²) in [6, 6.07) is 5.47. The number of carbonyl (C=O) groups excluding carboxylic acids is 1. The number of hydrogen-bond acceptors (Lipinski definition) is 3. The smallest absolute Gasteiger partial charge is 0.332 e. The van der Waals surface area contributed by atoms with Gasteiger partial charge in [0, 0.05) is 18.5 Å². The number of amides is 1. The van der Waals surface area contributed by atoms with E-state index < -0.39 is 12.1 Å². The minimum absolute atomic E-state index is 0.00795. The molecular weight excluding hydrogens is 234 g/mol. The first-order valence-electron chi connectivity index (χ1n) is 5.68. The van der Waals surface area contributed by atoms with E-state index in [-0.39, 0.29) is 18.9 Å². The van der Waals surface area contributed by atoms with E-state index in [0.717, 1.165) is 11.1 Å². The fraction of sp³-hybridized carbons (Fsp3) is 0.385. The third-order valence-corrected chi connectivity index (χ3v) is 2.61. The quantitative estimate of drug-likeness (QED) is 0.724. The van der Waals surface area contributed by atoms with Crippen molar-refractivity contribution >= 4 is 11.9 Å². The molecule has 0 saturated carbocycles. The number of benzene rings is 1. The van der Waals surface area contributed by atoms with Gasteiger partial charge in [-0.1, -0.05) is 17.7 Å². The molecule has 1 amide bonds. The van der Waals surface area contributed by atoms with Crippen molar-refractivity contribution in [3.05, 3.63) is 34.9 Å². The molecule has 1 rings (SSSR count).